The van der Waals surface area contributed by atoms with E-state index in [-0.39, 0.29) is 6.04 Å². The van der Waals surface area contributed by atoms with Gasteiger partial charge in [-0.3, -0.25) is 4.57 Å². The molecule has 0 aliphatic carbocycles. The van der Waals surface area contributed by atoms with Gasteiger partial charge in [0.2, 0.25) is 5.88 Å². The highest BCUT2D eigenvalue weighted by molar-refractivity contribution is 5.55. The SMILES string of the molecule is CCCCOc1c(N)cc(C#N)n1C(C)CC. The molecule has 0 fully saturated rings. The van der Waals surface area contributed by atoms with E-state index >= 15 is 0 Å². The lowest BCUT2D eigenvalue weighted by molar-refractivity contribution is 0.275. The third-order valence-electron chi connectivity index (χ3n) is 2.90. The lowest BCUT2D eigenvalue weighted by Gasteiger charge is -2.17. The van der Waals surface area contributed by atoms with Crippen LogP contribution in [0.15, 0.2) is 6.07 Å². The average Bonchev–Trinajstić information content (AvgIpc) is 2.65. The third kappa shape index (κ3) is 2.94. The lowest BCUT2D eigenvalue weighted by atomic mass is 10.2. The number of hydrogen-bond donors (Lipinski definition) is 1. The molecule has 0 amide bonds. The second-order valence-corrected chi connectivity index (χ2v) is 4.23. The molecule has 1 unspecified atom stereocenters. The molecule has 0 aliphatic heterocycles. The van der Waals surface area contributed by atoms with E-state index in [0.717, 1.165) is 19.3 Å². The number of nitriles is 1. The summed E-state index contributed by atoms with van der Waals surface area (Å²) >= 11 is 0. The first-order valence-electron chi connectivity index (χ1n) is 6.19. The first-order valence-corrected chi connectivity index (χ1v) is 6.19. The summed E-state index contributed by atoms with van der Waals surface area (Å²) in [5, 5.41) is 9.09. The molecule has 1 rings (SSSR count). The molecular formula is C13H21N3O. The largest absolute Gasteiger partial charge is 0.477 e. The molecule has 4 nitrogen and oxygen atoms in total. The maximum atomic E-state index is 9.09. The average molecular weight is 235 g/mol. The molecule has 94 valence electrons. The van der Waals surface area contributed by atoms with Gasteiger partial charge in [0, 0.05) is 12.1 Å². The molecular weight excluding hydrogens is 214 g/mol. The summed E-state index contributed by atoms with van der Waals surface area (Å²) in [6, 6.07) is 4.07. The maximum Gasteiger partial charge on any atom is 0.218 e. The summed E-state index contributed by atoms with van der Waals surface area (Å²) in [6.45, 7) is 6.90. The van der Waals surface area contributed by atoms with Crippen LogP contribution in [0.3, 0.4) is 0 Å². The summed E-state index contributed by atoms with van der Waals surface area (Å²) in [5.41, 5.74) is 7.02. The molecule has 0 bridgehead atoms. The second kappa shape index (κ2) is 6.19. The predicted octanol–water partition coefficient (Wildman–Crippen LogP) is 3.09. The first-order chi connectivity index (χ1) is 8.15. The summed E-state index contributed by atoms with van der Waals surface area (Å²) < 4.78 is 7.59. The van der Waals surface area contributed by atoms with Crippen LogP contribution in [0.25, 0.3) is 0 Å². The summed E-state index contributed by atoms with van der Waals surface area (Å²) in [6.07, 6.45) is 3.01. The second-order valence-electron chi connectivity index (χ2n) is 4.23. The predicted molar refractivity (Wildman–Crippen MR) is 69.0 cm³/mol. The van der Waals surface area contributed by atoms with E-state index < -0.39 is 0 Å². The summed E-state index contributed by atoms with van der Waals surface area (Å²) in [7, 11) is 0. The number of ether oxygens (including phenoxy) is 1. The van der Waals surface area contributed by atoms with E-state index in [4.69, 9.17) is 15.7 Å². The topological polar surface area (TPSA) is 64.0 Å². The number of nitrogen functional groups attached to an aromatic ring is 1. The van der Waals surface area contributed by atoms with E-state index in [2.05, 4.69) is 26.8 Å². The van der Waals surface area contributed by atoms with Crippen LogP contribution in [0.1, 0.15) is 51.8 Å². The van der Waals surface area contributed by atoms with Crippen molar-refractivity contribution < 1.29 is 4.74 Å². The number of nitrogens with zero attached hydrogens (tertiary/aromatic N) is 2. The number of unbranched alkanes of at least 4 members (excludes halogenated alkanes) is 1. The highest BCUT2D eigenvalue weighted by Crippen LogP contribution is 2.31. The molecule has 0 saturated carbocycles. The molecule has 0 aromatic carbocycles. The Kier molecular flexibility index (Phi) is 4.89. The Balaban J connectivity index is 3.01. The van der Waals surface area contributed by atoms with Crippen LogP contribution in [-0.2, 0) is 0 Å². The van der Waals surface area contributed by atoms with Gasteiger partial charge in [0.25, 0.3) is 0 Å². The Morgan fingerprint density at radius 3 is 2.76 bits per heavy atom. The highest BCUT2D eigenvalue weighted by Gasteiger charge is 2.17. The van der Waals surface area contributed by atoms with Crippen molar-refractivity contribution in [1.82, 2.24) is 4.57 Å². The Hall–Kier alpha value is -1.63. The molecule has 0 saturated heterocycles. The Morgan fingerprint density at radius 2 is 2.24 bits per heavy atom. The van der Waals surface area contributed by atoms with Crippen LogP contribution in [0, 0.1) is 11.3 Å². The van der Waals surface area contributed by atoms with Crippen molar-refractivity contribution in [3.8, 4) is 11.9 Å². The van der Waals surface area contributed by atoms with Gasteiger partial charge in [0.05, 0.1) is 12.3 Å². The number of rotatable bonds is 6. The van der Waals surface area contributed by atoms with Gasteiger partial charge in [-0.15, -0.1) is 0 Å². The standard InChI is InChI=1S/C13H21N3O/c1-4-6-7-17-13-12(15)8-11(9-14)16(13)10(3)5-2/h8,10H,4-7,15H2,1-3H3. The van der Waals surface area contributed by atoms with E-state index in [1.165, 1.54) is 0 Å². The molecule has 1 heterocycles. The number of hydrogen-bond acceptors (Lipinski definition) is 3. The number of aromatic nitrogens is 1. The van der Waals surface area contributed by atoms with Gasteiger partial charge in [-0.2, -0.15) is 5.26 Å². The fourth-order valence-corrected chi connectivity index (χ4v) is 1.70. The summed E-state index contributed by atoms with van der Waals surface area (Å²) in [5.74, 6) is 0.643. The maximum absolute atomic E-state index is 9.09. The van der Waals surface area contributed by atoms with Gasteiger partial charge >= 0.3 is 0 Å². The van der Waals surface area contributed by atoms with Crippen LogP contribution >= 0.6 is 0 Å². The van der Waals surface area contributed by atoms with Gasteiger partial charge in [-0.25, -0.2) is 0 Å². The van der Waals surface area contributed by atoms with Crippen molar-refractivity contribution in [1.29, 1.82) is 5.26 Å². The fourth-order valence-electron chi connectivity index (χ4n) is 1.70. The zero-order chi connectivity index (χ0) is 12.8. The minimum atomic E-state index is 0.221. The van der Waals surface area contributed by atoms with Crippen LogP contribution in [0.5, 0.6) is 5.88 Å². The quantitative estimate of drug-likeness (QED) is 0.770. The van der Waals surface area contributed by atoms with Crippen molar-refractivity contribution in [2.45, 2.75) is 46.1 Å². The van der Waals surface area contributed by atoms with E-state index in [1.807, 2.05) is 4.57 Å². The monoisotopic (exact) mass is 235 g/mol. The van der Waals surface area contributed by atoms with E-state index in [1.54, 1.807) is 6.07 Å². The van der Waals surface area contributed by atoms with Gasteiger partial charge in [-0.05, 0) is 19.8 Å². The van der Waals surface area contributed by atoms with Crippen LogP contribution in [0.4, 0.5) is 5.69 Å². The molecule has 0 spiro atoms. The molecule has 0 radical (unpaired) electrons. The fraction of sp³-hybridized carbons (Fsp3) is 0.615. The lowest BCUT2D eigenvalue weighted by Crippen LogP contribution is -2.10. The van der Waals surface area contributed by atoms with Crippen molar-refractivity contribution in [2.75, 3.05) is 12.3 Å². The zero-order valence-corrected chi connectivity index (χ0v) is 10.9. The molecule has 0 aliphatic rings. The van der Waals surface area contributed by atoms with Gasteiger partial charge < -0.3 is 10.5 Å². The minimum Gasteiger partial charge on any atom is -0.477 e. The van der Waals surface area contributed by atoms with Gasteiger partial charge in [0.1, 0.15) is 11.8 Å². The number of nitrogens with two attached hydrogens (primary N) is 1. The van der Waals surface area contributed by atoms with Crippen molar-refractivity contribution in [3.05, 3.63) is 11.8 Å². The Labute approximate surface area is 103 Å². The normalized spacial score (nSPS) is 12.1. The van der Waals surface area contributed by atoms with Crippen molar-refractivity contribution >= 4 is 5.69 Å². The number of anilines is 1. The minimum absolute atomic E-state index is 0.221. The summed E-state index contributed by atoms with van der Waals surface area (Å²) in [4.78, 5) is 0. The molecule has 1 aromatic rings. The van der Waals surface area contributed by atoms with Crippen molar-refractivity contribution in [3.63, 3.8) is 0 Å². The molecule has 2 N–H and O–H groups in total. The molecule has 1 atom stereocenters. The highest BCUT2D eigenvalue weighted by atomic mass is 16.5. The molecule has 4 heteroatoms. The van der Waals surface area contributed by atoms with E-state index in [0.29, 0.717) is 23.9 Å². The van der Waals surface area contributed by atoms with E-state index in [9.17, 15) is 0 Å². The Bertz CT molecular complexity index is 404. The zero-order valence-electron chi connectivity index (χ0n) is 10.9. The van der Waals surface area contributed by atoms with Crippen LogP contribution in [-0.4, -0.2) is 11.2 Å². The smallest absolute Gasteiger partial charge is 0.218 e. The third-order valence-corrected chi connectivity index (χ3v) is 2.90. The van der Waals surface area contributed by atoms with Crippen LogP contribution in [0.2, 0.25) is 0 Å². The molecule has 17 heavy (non-hydrogen) atoms. The first kappa shape index (κ1) is 13.4. The van der Waals surface area contributed by atoms with Crippen LogP contribution < -0.4 is 10.5 Å². The van der Waals surface area contributed by atoms with Gasteiger partial charge in [-0.1, -0.05) is 20.3 Å². The van der Waals surface area contributed by atoms with Gasteiger partial charge in [0.15, 0.2) is 0 Å². The molecule has 1 aromatic heterocycles. The van der Waals surface area contributed by atoms with Crippen molar-refractivity contribution in [2.24, 2.45) is 0 Å². The Morgan fingerprint density at radius 1 is 1.53 bits per heavy atom.